The number of amides is 1. The summed E-state index contributed by atoms with van der Waals surface area (Å²) in [6, 6.07) is 1.83. The molecular weight excluding hydrogens is 251 g/mol. The SMILES string of the molecule is CNC(=O)c1ccc(C(F)(F)F)c(OC)c1OC. The van der Waals surface area contributed by atoms with E-state index in [1.165, 1.54) is 14.2 Å². The predicted octanol–water partition coefficient (Wildman–Crippen LogP) is 2.08. The third-order valence-corrected chi connectivity index (χ3v) is 2.30. The van der Waals surface area contributed by atoms with E-state index >= 15 is 0 Å². The summed E-state index contributed by atoms with van der Waals surface area (Å²) in [7, 11) is 3.62. The molecule has 0 aliphatic heterocycles. The molecule has 0 fully saturated rings. The molecule has 0 atom stereocenters. The normalized spacial score (nSPS) is 11.0. The smallest absolute Gasteiger partial charge is 0.420 e. The van der Waals surface area contributed by atoms with Gasteiger partial charge in [-0.25, -0.2) is 0 Å². The van der Waals surface area contributed by atoms with Crippen LogP contribution in [0.5, 0.6) is 11.5 Å². The zero-order chi connectivity index (χ0) is 13.9. The van der Waals surface area contributed by atoms with Crippen molar-refractivity contribution < 1.29 is 27.4 Å². The minimum Gasteiger partial charge on any atom is -0.492 e. The summed E-state index contributed by atoms with van der Waals surface area (Å²) < 4.78 is 47.7. The van der Waals surface area contributed by atoms with E-state index in [2.05, 4.69) is 5.32 Å². The molecule has 100 valence electrons. The summed E-state index contributed by atoms with van der Waals surface area (Å²) in [4.78, 5) is 11.5. The second-order valence-electron chi connectivity index (χ2n) is 3.30. The van der Waals surface area contributed by atoms with Gasteiger partial charge < -0.3 is 14.8 Å². The van der Waals surface area contributed by atoms with Crippen LogP contribution >= 0.6 is 0 Å². The number of carbonyl (C=O) groups excluding carboxylic acids is 1. The van der Waals surface area contributed by atoms with Crippen molar-refractivity contribution in [2.75, 3.05) is 21.3 Å². The first kappa shape index (κ1) is 14.1. The molecule has 0 heterocycles. The molecule has 7 heteroatoms. The van der Waals surface area contributed by atoms with Crippen molar-refractivity contribution in [1.82, 2.24) is 5.32 Å². The van der Waals surface area contributed by atoms with Crippen LogP contribution < -0.4 is 14.8 Å². The molecule has 0 saturated carbocycles. The Bertz CT molecular complexity index is 458. The van der Waals surface area contributed by atoms with Gasteiger partial charge in [-0.3, -0.25) is 4.79 Å². The number of rotatable bonds is 3. The van der Waals surface area contributed by atoms with Gasteiger partial charge in [0.05, 0.1) is 19.8 Å². The highest BCUT2D eigenvalue weighted by Crippen LogP contribution is 2.43. The van der Waals surface area contributed by atoms with Crippen molar-refractivity contribution in [2.45, 2.75) is 6.18 Å². The molecule has 0 unspecified atom stereocenters. The minimum absolute atomic E-state index is 0.0233. The Kier molecular flexibility index (Phi) is 4.05. The zero-order valence-electron chi connectivity index (χ0n) is 10.0. The lowest BCUT2D eigenvalue weighted by Gasteiger charge is -2.17. The van der Waals surface area contributed by atoms with Gasteiger partial charge >= 0.3 is 6.18 Å². The lowest BCUT2D eigenvalue weighted by atomic mass is 10.1. The largest absolute Gasteiger partial charge is 0.492 e. The number of nitrogens with one attached hydrogen (secondary N) is 1. The Morgan fingerprint density at radius 3 is 2.11 bits per heavy atom. The van der Waals surface area contributed by atoms with E-state index in [-0.39, 0.29) is 11.3 Å². The van der Waals surface area contributed by atoms with Crippen LogP contribution in [0.25, 0.3) is 0 Å². The van der Waals surface area contributed by atoms with Gasteiger partial charge in [-0.15, -0.1) is 0 Å². The number of hydrogen-bond donors (Lipinski definition) is 1. The topological polar surface area (TPSA) is 47.6 Å². The maximum Gasteiger partial charge on any atom is 0.420 e. The molecule has 0 radical (unpaired) electrons. The fraction of sp³-hybridized carbons (Fsp3) is 0.364. The summed E-state index contributed by atoms with van der Waals surface area (Å²) in [6.45, 7) is 0. The molecule has 18 heavy (non-hydrogen) atoms. The predicted molar refractivity (Wildman–Crippen MR) is 57.9 cm³/mol. The highest BCUT2D eigenvalue weighted by atomic mass is 19.4. The molecule has 1 N–H and O–H groups in total. The molecular formula is C11H12F3NO3. The highest BCUT2D eigenvalue weighted by molar-refractivity contribution is 5.97. The lowest BCUT2D eigenvalue weighted by Crippen LogP contribution is -2.20. The highest BCUT2D eigenvalue weighted by Gasteiger charge is 2.37. The molecule has 1 aromatic rings. The summed E-state index contributed by atoms with van der Waals surface area (Å²) in [5.74, 6) is -1.31. The summed E-state index contributed by atoms with van der Waals surface area (Å²) in [5.41, 5.74) is -1.01. The molecule has 0 aromatic heterocycles. The monoisotopic (exact) mass is 263 g/mol. The number of halogens is 3. The van der Waals surface area contributed by atoms with Crippen LogP contribution in [0.1, 0.15) is 15.9 Å². The molecule has 1 aromatic carbocycles. The zero-order valence-corrected chi connectivity index (χ0v) is 10.0. The minimum atomic E-state index is -4.58. The van der Waals surface area contributed by atoms with Crippen LogP contribution in [-0.4, -0.2) is 27.2 Å². The third kappa shape index (κ3) is 2.49. The van der Waals surface area contributed by atoms with Gasteiger partial charge in [0, 0.05) is 7.05 Å². The summed E-state index contributed by atoms with van der Waals surface area (Å²) in [5, 5.41) is 2.31. The van der Waals surface area contributed by atoms with Crippen LogP contribution in [-0.2, 0) is 6.18 Å². The summed E-state index contributed by atoms with van der Waals surface area (Å²) in [6.07, 6.45) is -4.58. The van der Waals surface area contributed by atoms with Gasteiger partial charge in [-0.05, 0) is 12.1 Å². The summed E-state index contributed by atoms with van der Waals surface area (Å²) >= 11 is 0. The third-order valence-electron chi connectivity index (χ3n) is 2.30. The van der Waals surface area contributed by atoms with E-state index in [0.717, 1.165) is 19.2 Å². The van der Waals surface area contributed by atoms with Crippen LogP contribution in [0.4, 0.5) is 13.2 Å². The van der Waals surface area contributed by atoms with Crippen molar-refractivity contribution in [3.05, 3.63) is 23.3 Å². The number of carbonyl (C=O) groups is 1. The van der Waals surface area contributed by atoms with Crippen molar-refractivity contribution in [2.24, 2.45) is 0 Å². The van der Waals surface area contributed by atoms with Gasteiger partial charge in [0.2, 0.25) is 0 Å². The quantitative estimate of drug-likeness (QED) is 0.908. The van der Waals surface area contributed by atoms with Gasteiger partial charge in [0.25, 0.3) is 5.91 Å². The first-order valence-electron chi connectivity index (χ1n) is 4.91. The van der Waals surface area contributed by atoms with Crippen LogP contribution in [0.15, 0.2) is 12.1 Å². The standard InChI is InChI=1S/C11H12F3NO3/c1-15-10(16)6-4-5-7(11(12,13)14)9(18-3)8(6)17-2/h4-5H,1-3H3,(H,15,16). The van der Waals surface area contributed by atoms with Crippen LogP contribution in [0.2, 0.25) is 0 Å². The van der Waals surface area contributed by atoms with E-state index < -0.39 is 23.4 Å². The van der Waals surface area contributed by atoms with E-state index in [1.54, 1.807) is 0 Å². The second kappa shape index (κ2) is 5.16. The molecule has 1 rings (SSSR count). The van der Waals surface area contributed by atoms with Crippen molar-refractivity contribution >= 4 is 5.91 Å². The van der Waals surface area contributed by atoms with Crippen molar-refractivity contribution in [3.8, 4) is 11.5 Å². The Balaban J connectivity index is 3.51. The van der Waals surface area contributed by atoms with Gasteiger partial charge in [-0.2, -0.15) is 13.2 Å². The first-order valence-corrected chi connectivity index (χ1v) is 4.91. The number of ether oxygens (including phenoxy) is 2. The Hall–Kier alpha value is -1.92. The fourth-order valence-corrected chi connectivity index (χ4v) is 1.50. The second-order valence-corrected chi connectivity index (χ2v) is 3.30. The number of hydrogen-bond acceptors (Lipinski definition) is 3. The van der Waals surface area contributed by atoms with Crippen molar-refractivity contribution in [1.29, 1.82) is 0 Å². The van der Waals surface area contributed by atoms with Crippen LogP contribution in [0.3, 0.4) is 0 Å². The van der Waals surface area contributed by atoms with E-state index in [4.69, 9.17) is 9.47 Å². The number of methoxy groups -OCH3 is 2. The van der Waals surface area contributed by atoms with Gasteiger partial charge in [0.1, 0.15) is 5.56 Å². The fourth-order valence-electron chi connectivity index (χ4n) is 1.50. The Labute approximate surface area is 102 Å². The van der Waals surface area contributed by atoms with E-state index in [0.29, 0.717) is 0 Å². The number of alkyl halides is 3. The molecule has 0 aliphatic carbocycles. The van der Waals surface area contributed by atoms with Gasteiger partial charge in [-0.1, -0.05) is 0 Å². The lowest BCUT2D eigenvalue weighted by molar-refractivity contribution is -0.138. The van der Waals surface area contributed by atoms with E-state index in [9.17, 15) is 18.0 Å². The Morgan fingerprint density at radius 2 is 1.72 bits per heavy atom. The molecule has 0 spiro atoms. The van der Waals surface area contributed by atoms with E-state index in [1.807, 2.05) is 0 Å². The van der Waals surface area contributed by atoms with Crippen molar-refractivity contribution in [3.63, 3.8) is 0 Å². The molecule has 4 nitrogen and oxygen atoms in total. The first-order chi connectivity index (χ1) is 8.36. The molecule has 0 aliphatic rings. The maximum absolute atomic E-state index is 12.7. The average Bonchev–Trinajstić information content (AvgIpc) is 2.34. The average molecular weight is 263 g/mol. The maximum atomic E-state index is 12.7. The Morgan fingerprint density at radius 1 is 1.17 bits per heavy atom. The molecule has 0 saturated heterocycles. The number of benzene rings is 1. The molecule has 0 bridgehead atoms. The molecule has 1 amide bonds. The van der Waals surface area contributed by atoms with Gasteiger partial charge in [0.15, 0.2) is 11.5 Å². The van der Waals surface area contributed by atoms with Crippen LogP contribution in [0, 0.1) is 0 Å².